The molecule has 1 N–H and O–H groups in total. The third kappa shape index (κ3) is 4.00. The Kier molecular flexibility index (Phi) is 6.55. The number of aliphatic hydroxyl groups is 1. The zero-order valence-corrected chi connectivity index (χ0v) is 23.9. The highest BCUT2D eigenvalue weighted by Gasteiger charge is 2.59. The van der Waals surface area contributed by atoms with Crippen LogP contribution in [0.5, 0.6) is 0 Å². The molecule has 6 rings (SSSR count). The fourth-order valence-corrected chi connectivity index (χ4v) is 10.2. The van der Waals surface area contributed by atoms with E-state index in [1.165, 1.54) is 45.1 Å². The minimum absolute atomic E-state index is 0.0290. The molecule has 0 aromatic heterocycles. The summed E-state index contributed by atoms with van der Waals surface area (Å²) in [5.41, 5.74) is 5.41. The zero-order valence-electron chi connectivity index (χ0n) is 23.9. The molecule has 4 heteroatoms. The zero-order chi connectivity index (χ0) is 25.4. The minimum Gasteiger partial charge on any atom is -0.393 e. The normalized spacial score (nSPS) is 48.9. The molecule has 4 aliphatic carbocycles. The van der Waals surface area contributed by atoms with Gasteiger partial charge in [0.1, 0.15) is 0 Å². The summed E-state index contributed by atoms with van der Waals surface area (Å²) in [6.07, 6.45) is 13.4. The Bertz CT molecular complexity index is 925. The van der Waals surface area contributed by atoms with Crippen molar-refractivity contribution in [3.05, 3.63) is 22.8 Å². The Morgan fingerprint density at radius 3 is 2.75 bits per heavy atom. The molecule has 0 bridgehead atoms. The van der Waals surface area contributed by atoms with E-state index in [-0.39, 0.29) is 11.7 Å². The van der Waals surface area contributed by atoms with Crippen LogP contribution in [0, 0.1) is 35.0 Å². The van der Waals surface area contributed by atoms with Gasteiger partial charge in [-0.1, -0.05) is 43.6 Å². The lowest BCUT2D eigenvalue weighted by molar-refractivity contribution is -0.0794. The van der Waals surface area contributed by atoms with Gasteiger partial charge in [-0.3, -0.25) is 4.90 Å². The summed E-state index contributed by atoms with van der Waals surface area (Å²) >= 11 is 0. The Hall–Kier alpha value is -0.680. The molecule has 0 radical (unpaired) electrons. The highest BCUT2D eigenvalue weighted by atomic mass is 16.5. The number of ether oxygens (including phenoxy) is 1. The van der Waals surface area contributed by atoms with Crippen LogP contribution in [0.1, 0.15) is 85.5 Å². The monoisotopic (exact) mass is 496 g/mol. The lowest BCUT2D eigenvalue weighted by Gasteiger charge is -2.49. The van der Waals surface area contributed by atoms with E-state index < -0.39 is 0 Å². The second-order valence-electron chi connectivity index (χ2n) is 14.5. The Morgan fingerprint density at radius 2 is 1.97 bits per heavy atom. The number of hydrogen-bond donors (Lipinski definition) is 1. The molecule has 202 valence electrons. The standard InChI is InChI=1S/C32H52N2O2/c1-20-15-29-30(34(19-20)14-13-33(5)6)22(3)32(36-29)12-10-25-26-8-7-23-16-24(35)9-11-31(23,4)28(26)17-27(25)21(2)18-32/h7,20,22,24-26,28-30,35H,8-19H2,1-6H3/t20-,22+,24-,25-,26-,28-,29+,30-,31?,32-/m0/s1. The van der Waals surface area contributed by atoms with E-state index in [0.717, 1.165) is 56.0 Å². The van der Waals surface area contributed by atoms with E-state index >= 15 is 0 Å². The maximum Gasteiger partial charge on any atom is 0.0765 e. The Morgan fingerprint density at radius 1 is 1.17 bits per heavy atom. The third-order valence-electron chi connectivity index (χ3n) is 12.1. The molecular formula is C32H52N2O2. The van der Waals surface area contributed by atoms with Crippen molar-refractivity contribution in [2.45, 2.75) is 109 Å². The smallest absolute Gasteiger partial charge is 0.0765 e. The summed E-state index contributed by atoms with van der Waals surface area (Å²) in [4.78, 5) is 5.13. The van der Waals surface area contributed by atoms with Crippen LogP contribution < -0.4 is 0 Å². The highest BCUT2D eigenvalue weighted by molar-refractivity contribution is 5.34. The second-order valence-corrected chi connectivity index (χ2v) is 14.5. The molecule has 1 spiro atoms. The van der Waals surface area contributed by atoms with Crippen molar-refractivity contribution in [1.29, 1.82) is 0 Å². The van der Waals surface area contributed by atoms with E-state index in [0.29, 0.717) is 23.5 Å². The summed E-state index contributed by atoms with van der Waals surface area (Å²) < 4.78 is 7.25. The second kappa shape index (κ2) is 9.21. The molecular weight excluding hydrogens is 444 g/mol. The molecule has 36 heavy (non-hydrogen) atoms. The molecule has 0 aromatic carbocycles. The number of allylic oxidation sites excluding steroid dienone is 2. The van der Waals surface area contributed by atoms with Crippen molar-refractivity contribution in [1.82, 2.24) is 9.80 Å². The molecule has 2 saturated heterocycles. The van der Waals surface area contributed by atoms with Crippen LogP contribution in [0.25, 0.3) is 0 Å². The molecule has 2 aliphatic heterocycles. The number of fused-ring (bicyclic) bond motifs is 6. The van der Waals surface area contributed by atoms with Gasteiger partial charge in [0.15, 0.2) is 0 Å². The van der Waals surface area contributed by atoms with Crippen molar-refractivity contribution < 1.29 is 9.84 Å². The van der Waals surface area contributed by atoms with E-state index in [4.69, 9.17) is 4.74 Å². The minimum atomic E-state index is -0.113. The summed E-state index contributed by atoms with van der Waals surface area (Å²) in [6, 6.07) is 0.581. The number of aliphatic hydroxyl groups excluding tert-OH is 1. The Balaban J connectivity index is 1.25. The first-order valence-electron chi connectivity index (χ1n) is 15.2. The molecule has 0 amide bonds. The molecule has 2 saturated carbocycles. The number of rotatable bonds is 3. The molecule has 6 aliphatic rings. The van der Waals surface area contributed by atoms with Gasteiger partial charge < -0.3 is 14.7 Å². The van der Waals surface area contributed by atoms with Gasteiger partial charge in [-0.2, -0.15) is 0 Å². The fraction of sp³-hybridized carbons (Fsp3) is 0.875. The van der Waals surface area contributed by atoms with Gasteiger partial charge in [-0.25, -0.2) is 0 Å². The molecule has 4 fully saturated rings. The summed E-state index contributed by atoms with van der Waals surface area (Å²) in [6.45, 7) is 13.5. The lowest BCUT2D eigenvalue weighted by Crippen LogP contribution is -2.53. The van der Waals surface area contributed by atoms with Gasteiger partial charge in [0, 0.05) is 31.6 Å². The number of likely N-dealkylation sites (N-methyl/N-ethyl adjacent to an activating group) is 1. The third-order valence-corrected chi connectivity index (χ3v) is 12.1. The van der Waals surface area contributed by atoms with Crippen molar-refractivity contribution >= 4 is 0 Å². The first-order valence-corrected chi connectivity index (χ1v) is 15.2. The number of piperidine rings is 1. The van der Waals surface area contributed by atoms with E-state index in [2.05, 4.69) is 57.7 Å². The van der Waals surface area contributed by atoms with Crippen LogP contribution in [0.15, 0.2) is 22.8 Å². The van der Waals surface area contributed by atoms with Gasteiger partial charge in [-0.15, -0.1) is 0 Å². The van der Waals surface area contributed by atoms with Gasteiger partial charge in [0.25, 0.3) is 0 Å². The van der Waals surface area contributed by atoms with E-state index in [1.54, 1.807) is 11.1 Å². The maximum atomic E-state index is 10.3. The van der Waals surface area contributed by atoms with Crippen LogP contribution in [0.3, 0.4) is 0 Å². The quantitative estimate of drug-likeness (QED) is 0.511. The first-order chi connectivity index (χ1) is 17.1. The molecule has 4 nitrogen and oxygen atoms in total. The van der Waals surface area contributed by atoms with E-state index in [1.807, 2.05) is 5.57 Å². The number of nitrogens with zero attached hydrogens (tertiary/aromatic N) is 2. The predicted molar refractivity (Wildman–Crippen MR) is 147 cm³/mol. The van der Waals surface area contributed by atoms with Gasteiger partial charge in [0.2, 0.25) is 0 Å². The van der Waals surface area contributed by atoms with Crippen LogP contribution >= 0.6 is 0 Å². The van der Waals surface area contributed by atoms with Crippen LogP contribution in [0.2, 0.25) is 0 Å². The molecule has 1 unspecified atom stereocenters. The summed E-state index contributed by atoms with van der Waals surface area (Å²) in [7, 11) is 4.40. The lowest BCUT2D eigenvalue weighted by atomic mass is 9.56. The van der Waals surface area contributed by atoms with Gasteiger partial charge >= 0.3 is 0 Å². The SMILES string of the molecule is CC1=C2C[C@H]3[C@@H](CC=C4C[C@@H](O)CCC43C)[C@@H]2CC[C@@]2(C1)O[C@@H]1C[C@H](C)CN(CCN(C)C)[C@H]1[C@H]2C. The number of hydrogen-bond acceptors (Lipinski definition) is 4. The van der Waals surface area contributed by atoms with Crippen molar-refractivity contribution in [3.8, 4) is 0 Å². The van der Waals surface area contributed by atoms with Crippen LogP contribution in [-0.2, 0) is 4.74 Å². The van der Waals surface area contributed by atoms with Crippen molar-refractivity contribution in [3.63, 3.8) is 0 Å². The summed E-state index contributed by atoms with van der Waals surface area (Å²) in [5.74, 6) is 3.64. The average molecular weight is 497 g/mol. The molecule has 0 aromatic rings. The van der Waals surface area contributed by atoms with Gasteiger partial charge in [-0.05, 0) is 108 Å². The topological polar surface area (TPSA) is 35.9 Å². The molecule has 2 heterocycles. The van der Waals surface area contributed by atoms with Crippen LogP contribution in [0.4, 0.5) is 0 Å². The van der Waals surface area contributed by atoms with E-state index in [9.17, 15) is 5.11 Å². The first kappa shape index (κ1) is 25.6. The van der Waals surface area contributed by atoms with Crippen LogP contribution in [-0.4, -0.2) is 72.5 Å². The van der Waals surface area contributed by atoms with Crippen molar-refractivity contribution in [2.24, 2.45) is 35.0 Å². The number of likely N-dealkylation sites (tertiary alicyclic amines) is 1. The summed E-state index contributed by atoms with van der Waals surface area (Å²) in [5, 5.41) is 10.3. The fourth-order valence-electron chi connectivity index (χ4n) is 10.2. The highest BCUT2D eigenvalue weighted by Crippen LogP contribution is 2.63. The van der Waals surface area contributed by atoms with Crippen molar-refractivity contribution in [2.75, 3.05) is 33.7 Å². The maximum absolute atomic E-state index is 10.3. The Labute approximate surface area is 220 Å². The largest absolute Gasteiger partial charge is 0.393 e. The predicted octanol–water partition coefficient (Wildman–Crippen LogP) is 5.67. The average Bonchev–Trinajstić information content (AvgIpc) is 3.28. The molecule has 10 atom stereocenters. The van der Waals surface area contributed by atoms with Gasteiger partial charge in [0.05, 0.1) is 17.8 Å².